The Morgan fingerprint density at radius 1 is 1.20 bits per heavy atom. The maximum atomic E-state index is 12.2. The Kier molecular flexibility index (Phi) is 4.99. The van der Waals surface area contributed by atoms with Crippen molar-refractivity contribution in [2.75, 3.05) is 5.32 Å². The van der Waals surface area contributed by atoms with E-state index in [2.05, 4.69) is 20.0 Å². The van der Waals surface area contributed by atoms with Crippen LogP contribution in [0.2, 0.25) is 0 Å². The number of benzene rings is 1. The van der Waals surface area contributed by atoms with E-state index in [0.717, 1.165) is 10.4 Å². The van der Waals surface area contributed by atoms with E-state index in [9.17, 15) is 13.6 Å². The number of pyridine rings is 1. The Hall–Kier alpha value is -2.87. The molecule has 0 fully saturated rings. The lowest BCUT2D eigenvalue weighted by molar-refractivity contribution is -0.0498. The van der Waals surface area contributed by atoms with E-state index < -0.39 is 6.61 Å². The lowest BCUT2D eigenvalue weighted by atomic mass is 10.1. The lowest BCUT2D eigenvalue weighted by Crippen LogP contribution is -2.13. The fourth-order valence-corrected chi connectivity index (χ4v) is 3.00. The molecule has 0 atom stereocenters. The van der Waals surface area contributed by atoms with Crippen molar-refractivity contribution in [3.8, 4) is 17.0 Å². The summed E-state index contributed by atoms with van der Waals surface area (Å²) in [5.74, 6) is -0.267. The van der Waals surface area contributed by atoms with Gasteiger partial charge in [-0.2, -0.15) is 8.78 Å². The average Bonchev–Trinajstić information content (AvgIpc) is 2.96. The molecule has 25 heavy (non-hydrogen) atoms. The molecule has 2 heterocycles. The van der Waals surface area contributed by atoms with Gasteiger partial charge in [0.05, 0.1) is 5.69 Å². The van der Waals surface area contributed by atoms with Crippen molar-refractivity contribution in [3.63, 3.8) is 0 Å². The first-order chi connectivity index (χ1) is 12.0. The van der Waals surface area contributed by atoms with Gasteiger partial charge in [-0.05, 0) is 43.3 Å². The fourth-order valence-electron chi connectivity index (χ4n) is 2.17. The molecule has 3 aromatic rings. The third-order valence-electron chi connectivity index (χ3n) is 3.27. The van der Waals surface area contributed by atoms with E-state index in [1.165, 1.54) is 29.7 Å². The summed E-state index contributed by atoms with van der Waals surface area (Å²) < 4.78 is 28.7. The third-order valence-corrected chi connectivity index (χ3v) is 4.15. The van der Waals surface area contributed by atoms with Gasteiger partial charge in [0.25, 0.3) is 5.91 Å². The predicted octanol–water partition coefficient (Wildman–Crippen LogP) is 4.37. The van der Waals surface area contributed by atoms with Gasteiger partial charge in [0.2, 0.25) is 0 Å². The van der Waals surface area contributed by atoms with Crippen LogP contribution in [-0.2, 0) is 0 Å². The number of thiazole rings is 1. The number of carbonyl (C=O) groups excluding carboxylic acids is 1. The number of carbonyl (C=O) groups is 1. The van der Waals surface area contributed by atoms with Crippen LogP contribution in [0.15, 0.2) is 48.7 Å². The number of hydrogen-bond acceptors (Lipinski definition) is 5. The van der Waals surface area contributed by atoms with Crippen LogP contribution in [-0.4, -0.2) is 22.5 Å². The van der Waals surface area contributed by atoms with Gasteiger partial charge in [0.15, 0.2) is 5.13 Å². The molecule has 1 amide bonds. The molecule has 0 saturated heterocycles. The molecular weight excluding hydrogens is 348 g/mol. The van der Waals surface area contributed by atoms with Crippen molar-refractivity contribution in [1.82, 2.24) is 9.97 Å². The predicted molar refractivity (Wildman–Crippen MR) is 91.1 cm³/mol. The smallest absolute Gasteiger partial charge is 0.387 e. The number of nitrogens with zero attached hydrogens (tertiary/aromatic N) is 2. The number of anilines is 1. The number of hydrogen-bond donors (Lipinski definition) is 1. The summed E-state index contributed by atoms with van der Waals surface area (Å²) in [7, 11) is 0. The largest absolute Gasteiger partial charge is 0.435 e. The minimum absolute atomic E-state index is 0.0790. The average molecular weight is 361 g/mol. The van der Waals surface area contributed by atoms with Crippen LogP contribution in [0.4, 0.5) is 13.9 Å². The van der Waals surface area contributed by atoms with Crippen LogP contribution < -0.4 is 10.1 Å². The molecule has 0 spiro atoms. The molecule has 0 aliphatic rings. The molecule has 2 aromatic heterocycles. The number of aromatic nitrogens is 2. The van der Waals surface area contributed by atoms with Crippen LogP contribution in [0.5, 0.6) is 5.75 Å². The van der Waals surface area contributed by atoms with Crippen molar-refractivity contribution < 1.29 is 18.3 Å². The van der Waals surface area contributed by atoms with Gasteiger partial charge in [-0.3, -0.25) is 15.1 Å². The van der Waals surface area contributed by atoms with E-state index in [1.807, 2.05) is 6.92 Å². The minimum atomic E-state index is -2.86. The molecule has 5 nitrogen and oxygen atoms in total. The molecule has 3 rings (SSSR count). The zero-order valence-electron chi connectivity index (χ0n) is 13.1. The highest BCUT2D eigenvalue weighted by Crippen LogP contribution is 2.31. The van der Waals surface area contributed by atoms with Gasteiger partial charge in [-0.1, -0.05) is 6.07 Å². The normalized spacial score (nSPS) is 10.7. The lowest BCUT2D eigenvalue weighted by Gasteiger charge is -2.05. The Bertz CT molecular complexity index is 867. The summed E-state index contributed by atoms with van der Waals surface area (Å²) in [4.78, 5) is 21.4. The first-order valence-electron chi connectivity index (χ1n) is 7.28. The standard InChI is InChI=1S/C17H13F2N3O2S/c1-10-14(11-5-7-12(8-6-11)24-16(18)19)21-17(25-10)22-15(23)13-4-2-3-9-20-13/h2-9,16H,1H3,(H,21,22,23). The van der Waals surface area contributed by atoms with Crippen molar-refractivity contribution in [3.05, 3.63) is 59.2 Å². The number of halogens is 2. The molecular formula is C17H13F2N3O2S. The summed E-state index contributed by atoms with van der Waals surface area (Å²) >= 11 is 1.32. The zero-order valence-corrected chi connectivity index (χ0v) is 13.9. The molecule has 0 bridgehead atoms. The highest BCUT2D eigenvalue weighted by molar-refractivity contribution is 7.16. The van der Waals surface area contributed by atoms with E-state index in [-0.39, 0.29) is 11.7 Å². The van der Waals surface area contributed by atoms with Gasteiger partial charge in [0.1, 0.15) is 11.4 Å². The summed E-state index contributed by atoms with van der Waals surface area (Å²) in [6, 6.07) is 11.2. The van der Waals surface area contributed by atoms with Crippen LogP contribution >= 0.6 is 11.3 Å². The highest BCUT2D eigenvalue weighted by atomic mass is 32.1. The van der Waals surface area contributed by atoms with Gasteiger partial charge >= 0.3 is 6.61 Å². The molecule has 0 radical (unpaired) electrons. The van der Waals surface area contributed by atoms with Gasteiger partial charge < -0.3 is 4.74 Å². The quantitative estimate of drug-likeness (QED) is 0.733. The van der Waals surface area contributed by atoms with Gasteiger partial charge in [-0.15, -0.1) is 11.3 Å². The Morgan fingerprint density at radius 3 is 2.60 bits per heavy atom. The molecule has 0 saturated carbocycles. The number of rotatable bonds is 5. The van der Waals surface area contributed by atoms with E-state index in [4.69, 9.17) is 0 Å². The van der Waals surface area contributed by atoms with Crippen molar-refractivity contribution in [2.24, 2.45) is 0 Å². The second-order valence-electron chi connectivity index (χ2n) is 5.00. The van der Waals surface area contributed by atoms with Crippen LogP contribution in [0.25, 0.3) is 11.3 Å². The second kappa shape index (κ2) is 7.35. The summed E-state index contributed by atoms with van der Waals surface area (Å²) in [5, 5.41) is 3.15. The third kappa shape index (κ3) is 4.16. The SMILES string of the molecule is Cc1sc(NC(=O)c2ccccn2)nc1-c1ccc(OC(F)F)cc1. The first kappa shape index (κ1) is 17.0. The Balaban J connectivity index is 1.77. The summed E-state index contributed by atoms with van der Waals surface area (Å²) in [5.41, 5.74) is 1.71. The fraction of sp³-hybridized carbons (Fsp3) is 0.118. The molecule has 0 unspecified atom stereocenters. The van der Waals surface area contributed by atoms with Gasteiger partial charge in [0, 0.05) is 16.6 Å². The number of aryl methyl sites for hydroxylation is 1. The monoisotopic (exact) mass is 361 g/mol. The first-order valence-corrected chi connectivity index (χ1v) is 8.09. The maximum absolute atomic E-state index is 12.2. The van der Waals surface area contributed by atoms with Crippen LogP contribution in [0.3, 0.4) is 0 Å². The number of alkyl halides is 2. The van der Waals surface area contributed by atoms with E-state index in [1.54, 1.807) is 30.3 Å². The summed E-state index contributed by atoms with van der Waals surface area (Å²) in [6.07, 6.45) is 1.54. The topological polar surface area (TPSA) is 64.1 Å². The van der Waals surface area contributed by atoms with E-state index >= 15 is 0 Å². The van der Waals surface area contributed by atoms with Crippen LogP contribution in [0.1, 0.15) is 15.4 Å². The minimum Gasteiger partial charge on any atom is -0.435 e. The molecule has 1 N–H and O–H groups in total. The molecule has 8 heteroatoms. The number of ether oxygens (including phenoxy) is 1. The molecule has 0 aliphatic heterocycles. The number of amides is 1. The Morgan fingerprint density at radius 2 is 1.96 bits per heavy atom. The maximum Gasteiger partial charge on any atom is 0.387 e. The second-order valence-corrected chi connectivity index (χ2v) is 6.20. The molecule has 1 aromatic carbocycles. The highest BCUT2D eigenvalue weighted by Gasteiger charge is 2.14. The van der Waals surface area contributed by atoms with Crippen molar-refractivity contribution >= 4 is 22.4 Å². The Labute approximate surface area is 146 Å². The van der Waals surface area contributed by atoms with Crippen LogP contribution in [0, 0.1) is 6.92 Å². The van der Waals surface area contributed by atoms with Crippen molar-refractivity contribution in [1.29, 1.82) is 0 Å². The van der Waals surface area contributed by atoms with Gasteiger partial charge in [-0.25, -0.2) is 4.98 Å². The summed E-state index contributed by atoms with van der Waals surface area (Å²) in [6.45, 7) is -0.993. The zero-order chi connectivity index (χ0) is 17.8. The van der Waals surface area contributed by atoms with Crippen molar-refractivity contribution in [2.45, 2.75) is 13.5 Å². The van der Waals surface area contributed by atoms with E-state index in [0.29, 0.717) is 16.5 Å². The molecule has 128 valence electrons. The molecule has 0 aliphatic carbocycles. The number of nitrogens with one attached hydrogen (secondary N) is 1.